The van der Waals surface area contributed by atoms with Gasteiger partial charge in [0.15, 0.2) is 0 Å². The number of nitrogens with zero attached hydrogens (tertiary/aromatic N) is 1. The van der Waals surface area contributed by atoms with Gasteiger partial charge in [-0.15, -0.1) is 13.2 Å². The van der Waals surface area contributed by atoms with Crippen LogP contribution in [-0.4, -0.2) is 48.1 Å². The van der Waals surface area contributed by atoms with Crippen LogP contribution >= 0.6 is 11.6 Å². The van der Waals surface area contributed by atoms with Crippen molar-refractivity contribution in [2.75, 3.05) is 38.2 Å². The molecule has 0 spiro atoms. The zero-order chi connectivity index (χ0) is 22.1. The van der Waals surface area contributed by atoms with E-state index in [0.717, 1.165) is 6.07 Å². The lowest BCUT2D eigenvalue weighted by Crippen LogP contribution is -2.44. The Morgan fingerprint density at radius 1 is 1.13 bits per heavy atom. The molecule has 30 heavy (non-hydrogen) atoms. The zero-order valence-corrected chi connectivity index (χ0v) is 17.4. The van der Waals surface area contributed by atoms with E-state index in [9.17, 15) is 21.6 Å². The molecule has 0 atom stereocenters. The van der Waals surface area contributed by atoms with Gasteiger partial charge in [-0.3, -0.25) is 0 Å². The molecule has 1 fully saturated rings. The predicted molar refractivity (Wildman–Crippen MR) is 107 cm³/mol. The Morgan fingerprint density at radius 3 is 2.37 bits per heavy atom. The molecule has 0 saturated carbocycles. The second-order valence-corrected chi connectivity index (χ2v) is 8.43. The monoisotopic (exact) mass is 465 g/mol. The molecule has 1 heterocycles. The van der Waals surface area contributed by atoms with Crippen molar-refractivity contribution in [2.45, 2.75) is 11.3 Å². The van der Waals surface area contributed by atoms with Crippen LogP contribution in [0, 0.1) is 0 Å². The maximum Gasteiger partial charge on any atom is 0.573 e. The lowest BCUT2D eigenvalue weighted by molar-refractivity contribution is -0.274. The fraction of sp³-hybridized carbons (Fsp3) is 0.333. The number of hydrogen-bond acceptors (Lipinski definition) is 6. The van der Waals surface area contributed by atoms with Gasteiger partial charge in [-0.2, -0.15) is 0 Å². The fourth-order valence-corrected chi connectivity index (χ4v) is 4.24. The lowest BCUT2D eigenvalue weighted by Gasteiger charge is -2.33. The maximum absolute atomic E-state index is 13.1. The molecule has 1 aliphatic rings. The first-order valence-electron chi connectivity index (χ1n) is 8.76. The van der Waals surface area contributed by atoms with E-state index in [0.29, 0.717) is 31.9 Å². The summed E-state index contributed by atoms with van der Waals surface area (Å²) in [4.78, 5) is 1.47. The molecule has 2 aromatic rings. The molecule has 3 rings (SSSR count). The van der Waals surface area contributed by atoms with E-state index in [2.05, 4.69) is 10.1 Å². The number of ether oxygens (including phenoxy) is 2. The van der Waals surface area contributed by atoms with Crippen LogP contribution in [-0.2, 0) is 10.0 Å². The maximum atomic E-state index is 13.1. The summed E-state index contributed by atoms with van der Waals surface area (Å²) in [6.45, 7) is 2.13. The van der Waals surface area contributed by atoms with E-state index in [1.165, 1.54) is 31.4 Å². The van der Waals surface area contributed by atoms with Crippen molar-refractivity contribution in [1.82, 2.24) is 5.32 Å². The molecule has 0 radical (unpaired) electrons. The van der Waals surface area contributed by atoms with Gasteiger partial charge in [0.2, 0.25) is 10.0 Å². The molecule has 0 bridgehead atoms. The highest BCUT2D eigenvalue weighted by Gasteiger charge is 2.34. The number of nitrogens with one attached hydrogen (secondary N) is 1. The van der Waals surface area contributed by atoms with Gasteiger partial charge in [-0.05, 0) is 30.3 Å². The van der Waals surface area contributed by atoms with Crippen molar-refractivity contribution < 1.29 is 31.1 Å². The Labute approximate surface area is 176 Å². The number of primary sulfonamides is 1. The number of rotatable bonds is 5. The summed E-state index contributed by atoms with van der Waals surface area (Å²) in [7, 11) is -2.92. The number of hydrogen-bond donors (Lipinski definition) is 2. The van der Waals surface area contributed by atoms with E-state index in [1.54, 1.807) is 0 Å². The van der Waals surface area contributed by atoms with Gasteiger partial charge >= 0.3 is 6.36 Å². The van der Waals surface area contributed by atoms with Crippen LogP contribution in [0.15, 0.2) is 35.2 Å². The summed E-state index contributed by atoms with van der Waals surface area (Å²) >= 11 is 5.88. The quantitative estimate of drug-likeness (QED) is 0.705. The zero-order valence-electron chi connectivity index (χ0n) is 15.8. The molecule has 1 saturated heterocycles. The first-order chi connectivity index (χ1) is 14.0. The number of benzene rings is 2. The number of nitrogens with two attached hydrogens (primary N) is 1. The molecule has 12 heteroatoms. The third-order valence-corrected chi connectivity index (χ3v) is 5.69. The van der Waals surface area contributed by atoms with Crippen molar-refractivity contribution in [3.8, 4) is 22.6 Å². The molecule has 3 N–H and O–H groups in total. The standard InChI is InChI=1S/C18H19ClF3N3O4S/c1-28-13-4-5-15(30(23,26)27)16(17(13)25-8-6-24-7-9-25)12-3-2-11(19)10-14(12)29-18(20,21)22/h2-5,10,24H,6-9H2,1H3,(H2,23,26,27). The van der Waals surface area contributed by atoms with E-state index in [1.807, 2.05) is 4.90 Å². The van der Waals surface area contributed by atoms with Crippen molar-refractivity contribution >= 4 is 27.3 Å². The molecule has 0 aromatic heterocycles. The molecule has 7 nitrogen and oxygen atoms in total. The average Bonchev–Trinajstić information content (AvgIpc) is 2.65. The first kappa shape index (κ1) is 22.5. The first-order valence-corrected chi connectivity index (χ1v) is 10.7. The Kier molecular flexibility index (Phi) is 6.37. The van der Waals surface area contributed by atoms with E-state index in [-0.39, 0.29) is 26.8 Å². The largest absolute Gasteiger partial charge is 0.573 e. The van der Waals surface area contributed by atoms with Gasteiger partial charge < -0.3 is 19.7 Å². The van der Waals surface area contributed by atoms with E-state index in [4.69, 9.17) is 21.5 Å². The molecule has 164 valence electrons. The Hall–Kier alpha value is -2.21. The minimum Gasteiger partial charge on any atom is -0.495 e. The number of piperazine rings is 1. The van der Waals surface area contributed by atoms with Crippen LogP contribution < -0.4 is 24.8 Å². The molecular weight excluding hydrogens is 447 g/mol. The smallest absolute Gasteiger partial charge is 0.495 e. The minimum atomic E-state index is -5.02. The van der Waals surface area contributed by atoms with Crippen LogP contribution in [0.1, 0.15) is 0 Å². The Morgan fingerprint density at radius 2 is 1.80 bits per heavy atom. The average molecular weight is 466 g/mol. The summed E-state index contributed by atoms with van der Waals surface area (Å²) in [6.07, 6.45) is -5.02. The fourth-order valence-electron chi connectivity index (χ4n) is 3.33. The molecule has 0 amide bonds. The van der Waals surface area contributed by atoms with Gasteiger partial charge in [-0.1, -0.05) is 11.6 Å². The highest BCUT2D eigenvalue weighted by atomic mass is 35.5. The topological polar surface area (TPSA) is 93.9 Å². The van der Waals surface area contributed by atoms with Crippen molar-refractivity contribution in [3.63, 3.8) is 0 Å². The van der Waals surface area contributed by atoms with Gasteiger partial charge in [0.1, 0.15) is 11.5 Å². The number of methoxy groups -OCH3 is 1. The molecule has 1 aliphatic heterocycles. The lowest BCUT2D eigenvalue weighted by atomic mass is 10.00. The second kappa shape index (κ2) is 8.50. The van der Waals surface area contributed by atoms with Gasteiger partial charge in [-0.25, -0.2) is 13.6 Å². The summed E-state index contributed by atoms with van der Waals surface area (Å²) in [5.74, 6) is -0.364. The minimum absolute atomic E-state index is 0.0122. The SMILES string of the molecule is COc1ccc(S(N)(=O)=O)c(-c2ccc(Cl)cc2OC(F)(F)F)c1N1CCNCC1. The van der Waals surface area contributed by atoms with Crippen molar-refractivity contribution in [1.29, 1.82) is 0 Å². The van der Waals surface area contributed by atoms with Crippen molar-refractivity contribution in [3.05, 3.63) is 35.4 Å². The summed E-state index contributed by atoms with van der Waals surface area (Å²) in [6, 6.07) is 6.19. The highest BCUT2D eigenvalue weighted by molar-refractivity contribution is 7.89. The summed E-state index contributed by atoms with van der Waals surface area (Å²) in [5.41, 5.74) is 0.128. The van der Waals surface area contributed by atoms with Crippen LogP contribution in [0.3, 0.4) is 0 Å². The summed E-state index contributed by atoms with van der Waals surface area (Å²) < 4.78 is 73.4. The van der Waals surface area contributed by atoms with Gasteiger partial charge in [0.05, 0.1) is 17.7 Å². The normalized spacial score (nSPS) is 15.2. The van der Waals surface area contributed by atoms with E-state index >= 15 is 0 Å². The van der Waals surface area contributed by atoms with Crippen LogP contribution in [0.2, 0.25) is 5.02 Å². The molecular formula is C18H19ClF3N3O4S. The Balaban J connectivity index is 2.37. The summed E-state index contributed by atoms with van der Waals surface area (Å²) in [5, 5.41) is 8.55. The van der Waals surface area contributed by atoms with Crippen LogP contribution in [0.5, 0.6) is 11.5 Å². The second-order valence-electron chi connectivity index (χ2n) is 6.46. The third-order valence-electron chi connectivity index (χ3n) is 4.50. The number of sulfonamides is 1. The molecule has 2 aromatic carbocycles. The number of anilines is 1. The highest BCUT2D eigenvalue weighted by Crippen LogP contribution is 2.47. The predicted octanol–water partition coefficient (Wildman–Crippen LogP) is 2.97. The van der Waals surface area contributed by atoms with Gasteiger partial charge in [0.25, 0.3) is 0 Å². The van der Waals surface area contributed by atoms with Gasteiger partial charge in [0, 0.05) is 42.3 Å². The van der Waals surface area contributed by atoms with Crippen LogP contribution in [0.4, 0.5) is 18.9 Å². The van der Waals surface area contributed by atoms with E-state index < -0.39 is 22.1 Å². The molecule has 0 aliphatic carbocycles. The molecule has 0 unspecified atom stereocenters. The number of alkyl halides is 3. The third kappa shape index (κ3) is 4.91. The number of halogens is 4. The Bertz CT molecular complexity index is 1040. The van der Waals surface area contributed by atoms with Crippen molar-refractivity contribution in [2.24, 2.45) is 5.14 Å². The van der Waals surface area contributed by atoms with Crippen LogP contribution in [0.25, 0.3) is 11.1 Å².